The predicted octanol–water partition coefficient (Wildman–Crippen LogP) is 7.08. The van der Waals surface area contributed by atoms with E-state index in [1.54, 1.807) is 35.1 Å². The molecule has 19 heteroatoms. The van der Waals surface area contributed by atoms with Crippen LogP contribution in [0.4, 0.5) is 0 Å². The molecule has 0 bridgehead atoms. The van der Waals surface area contributed by atoms with E-state index in [1.165, 1.54) is 0 Å². The summed E-state index contributed by atoms with van der Waals surface area (Å²) in [6, 6.07) is 23.9. The summed E-state index contributed by atoms with van der Waals surface area (Å²) in [5.41, 5.74) is 4.55. The van der Waals surface area contributed by atoms with Gasteiger partial charge >= 0.3 is 11.9 Å². The first kappa shape index (κ1) is 53.8. The predicted molar refractivity (Wildman–Crippen MR) is 286 cm³/mol. The summed E-state index contributed by atoms with van der Waals surface area (Å²) in [6.07, 6.45) is 2.65. The standard InChI is InChI=1S/C24H26N2O5Si.C20H16N2O4.C10H26O3Si2/c1-4-24(29)18-11-20-21-16(12-26(20)22(27)17(18)13-31-23(24)28)14(9-10-32(2,3)30)15-7-5-6-8-19(15)25-21;1-2-20(25)14-8-16-17-12(7-11-5-3-4-6-15(11)21-17)9-22(16)18(23)13(14)10-26-19(20)24;1-14(2,9-5-7-11)13-15(3,4)10-6-8-12/h5-8,11,29-30H,4,9-10,12-13H2,1-3H3;3-8,25H,2,9-10H2,1H3;11-12H,5-10H2,1-4H3/t24-;20-;/m00./s1. The van der Waals surface area contributed by atoms with Crippen molar-refractivity contribution in [1.29, 1.82) is 0 Å². The third-order valence-electron chi connectivity index (χ3n) is 14.5. The zero-order valence-corrected chi connectivity index (χ0v) is 46.1. The smallest absolute Gasteiger partial charge is 0.343 e. The van der Waals surface area contributed by atoms with Gasteiger partial charge in [-0.1, -0.05) is 50.2 Å². The molecule has 5 N–H and O–H groups in total. The van der Waals surface area contributed by atoms with Crippen molar-refractivity contribution in [2.45, 2.75) is 141 Å². The molecule has 0 unspecified atom stereocenters. The molecule has 4 aliphatic rings. The number of esters is 2. The molecular weight excluding hydrogens is 981 g/mol. The highest BCUT2D eigenvalue weighted by Crippen LogP contribution is 2.42. The van der Waals surface area contributed by atoms with Crippen LogP contribution in [0.2, 0.25) is 57.4 Å². The van der Waals surface area contributed by atoms with Gasteiger partial charge in [0.05, 0.1) is 58.0 Å². The number of nitrogens with zero attached hydrogens (tertiary/aromatic N) is 4. The molecule has 0 aliphatic carbocycles. The molecule has 6 aromatic rings. The van der Waals surface area contributed by atoms with Crippen LogP contribution in [-0.2, 0) is 67.1 Å². The molecule has 4 aromatic heterocycles. The van der Waals surface area contributed by atoms with Gasteiger partial charge in [0.1, 0.15) is 13.2 Å². The van der Waals surface area contributed by atoms with E-state index in [4.69, 9.17) is 33.8 Å². The molecule has 0 saturated heterocycles. The number of hydrogen-bond donors (Lipinski definition) is 5. The molecule has 2 aromatic carbocycles. The Labute approximate surface area is 427 Å². The summed E-state index contributed by atoms with van der Waals surface area (Å²) < 4.78 is 19.8. The molecule has 4 aliphatic heterocycles. The van der Waals surface area contributed by atoms with Crippen LogP contribution in [0.3, 0.4) is 0 Å². The van der Waals surface area contributed by atoms with Gasteiger partial charge in [-0.25, -0.2) is 19.6 Å². The number of ether oxygens (including phenoxy) is 2. The van der Waals surface area contributed by atoms with Gasteiger partial charge < -0.3 is 47.9 Å². The van der Waals surface area contributed by atoms with E-state index in [-0.39, 0.29) is 50.4 Å². The van der Waals surface area contributed by atoms with Crippen LogP contribution in [0.1, 0.15) is 78.5 Å². The molecule has 16 nitrogen and oxygen atoms in total. The maximum atomic E-state index is 13.4. The highest BCUT2D eigenvalue weighted by Gasteiger charge is 2.47. The summed E-state index contributed by atoms with van der Waals surface area (Å²) in [4.78, 5) is 71.0. The number of carbonyl (C=O) groups is 2. The van der Waals surface area contributed by atoms with Crippen molar-refractivity contribution in [2.24, 2.45) is 0 Å². The number of aliphatic hydroxyl groups is 4. The van der Waals surface area contributed by atoms with Crippen molar-refractivity contribution in [3.8, 4) is 22.8 Å². The van der Waals surface area contributed by atoms with Gasteiger partial charge in [0.25, 0.3) is 11.1 Å². The van der Waals surface area contributed by atoms with Crippen molar-refractivity contribution in [1.82, 2.24) is 19.1 Å². The lowest BCUT2D eigenvalue weighted by molar-refractivity contribution is -0.172. The minimum atomic E-state index is -2.28. The molecule has 0 fully saturated rings. The van der Waals surface area contributed by atoms with Crippen LogP contribution >= 0.6 is 0 Å². The average molecular weight is 1050 g/mol. The minimum Gasteiger partial charge on any atom is -0.458 e. The van der Waals surface area contributed by atoms with Crippen molar-refractivity contribution >= 4 is 58.7 Å². The number of aromatic nitrogens is 4. The number of aryl methyl sites for hydroxylation is 1. The molecule has 0 spiro atoms. The SMILES string of the molecule is CC[C@@]1(O)C(=O)OCc2c1cc1n(c2=O)Cc2c-1nc1ccccc1c2CC[Si](C)(C)O.CC[C@@]1(O)C(=O)OCc2c1cc1n(c2=O)Cc2cc3ccccc3nc2-1.C[Si](C)(CCCO)O[Si](C)(C)CCCO. The lowest BCUT2D eigenvalue weighted by atomic mass is 9.86. The van der Waals surface area contributed by atoms with Gasteiger partial charge in [0.2, 0.25) is 0 Å². The fraction of sp³-hybridized carbons (Fsp3) is 0.444. The second-order valence-electron chi connectivity index (χ2n) is 21.4. The molecule has 10 rings (SSSR count). The zero-order chi connectivity index (χ0) is 52.8. The topological polar surface area (TPSA) is 233 Å². The number of carbonyl (C=O) groups excluding carboxylic acids is 2. The molecule has 8 heterocycles. The lowest BCUT2D eigenvalue weighted by Crippen LogP contribution is -2.44. The third-order valence-corrected chi connectivity index (χ3v) is 23.6. The fourth-order valence-corrected chi connectivity index (χ4v) is 20.3. The van der Waals surface area contributed by atoms with Crippen molar-refractivity contribution in [3.63, 3.8) is 0 Å². The van der Waals surface area contributed by atoms with Crippen LogP contribution < -0.4 is 11.1 Å². The van der Waals surface area contributed by atoms with E-state index in [1.807, 2.05) is 67.7 Å². The highest BCUT2D eigenvalue weighted by atomic mass is 28.4. The Balaban J connectivity index is 0.000000156. The van der Waals surface area contributed by atoms with Crippen LogP contribution in [0.15, 0.2) is 76.3 Å². The molecule has 0 radical (unpaired) electrons. The van der Waals surface area contributed by atoms with Gasteiger partial charge in [-0.3, -0.25) is 9.59 Å². The fourth-order valence-electron chi connectivity index (χ4n) is 10.6. The van der Waals surface area contributed by atoms with E-state index in [0.717, 1.165) is 69.1 Å². The Morgan fingerprint density at radius 1 is 0.644 bits per heavy atom. The Bertz CT molecular complexity index is 3240. The molecule has 388 valence electrons. The van der Waals surface area contributed by atoms with Gasteiger partial charge in [0.15, 0.2) is 36.2 Å². The number of benzene rings is 2. The molecule has 0 saturated carbocycles. The minimum absolute atomic E-state index is 0.110. The monoisotopic (exact) mass is 1050 g/mol. The van der Waals surface area contributed by atoms with E-state index >= 15 is 0 Å². The summed E-state index contributed by atoms with van der Waals surface area (Å²) in [5.74, 6) is -1.43. The van der Waals surface area contributed by atoms with Crippen LogP contribution in [0.25, 0.3) is 44.6 Å². The number of fused-ring (bicyclic) bond motifs is 10. The quantitative estimate of drug-likeness (QED) is 0.0574. The first-order valence-electron chi connectivity index (χ1n) is 25.3. The van der Waals surface area contributed by atoms with E-state index in [0.29, 0.717) is 64.9 Å². The summed E-state index contributed by atoms with van der Waals surface area (Å²) in [5, 5.41) is 41.5. The van der Waals surface area contributed by atoms with E-state index < -0.39 is 48.1 Å². The number of rotatable bonds is 13. The average Bonchev–Trinajstić information content (AvgIpc) is 3.91. The van der Waals surface area contributed by atoms with Gasteiger partial charge in [-0.05, 0) is 125 Å². The Morgan fingerprint density at radius 3 is 1.67 bits per heavy atom. The second-order valence-corrected chi connectivity index (χ2v) is 34.4. The van der Waals surface area contributed by atoms with Gasteiger partial charge in [-0.2, -0.15) is 0 Å². The number of aliphatic hydroxyl groups excluding tert-OH is 2. The molecular formula is C54H68N4O12Si3. The van der Waals surface area contributed by atoms with Crippen LogP contribution in [0.5, 0.6) is 0 Å². The zero-order valence-electron chi connectivity index (χ0n) is 43.1. The summed E-state index contributed by atoms with van der Waals surface area (Å²) in [6.45, 7) is 17.2. The first-order chi connectivity index (χ1) is 34.5. The summed E-state index contributed by atoms with van der Waals surface area (Å²) in [7, 11) is -5.46. The highest BCUT2D eigenvalue weighted by molar-refractivity contribution is 6.84. The van der Waals surface area contributed by atoms with Crippen molar-refractivity contribution in [3.05, 3.63) is 126 Å². The van der Waals surface area contributed by atoms with E-state index in [2.05, 4.69) is 26.2 Å². The lowest BCUT2D eigenvalue weighted by Gasteiger charge is -2.34. The Kier molecular flexibility index (Phi) is 15.2. The normalized spacial score (nSPS) is 18.5. The molecule has 0 amide bonds. The first-order valence-corrected chi connectivity index (χ1v) is 34.7. The third kappa shape index (κ3) is 10.5. The number of pyridine rings is 4. The van der Waals surface area contributed by atoms with Gasteiger partial charge in [-0.15, -0.1) is 0 Å². The van der Waals surface area contributed by atoms with E-state index in [9.17, 15) is 34.2 Å². The summed E-state index contributed by atoms with van der Waals surface area (Å²) >= 11 is 0. The Morgan fingerprint density at radius 2 is 1.14 bits per heavy atom. The number of cyclic esters (lactones) is 2. The van der Waals surface area contributed by atoms with Crippen molar-refractivity contribution in [2.75, 3.05) is 13.2 Å². The van der Waals surface area contributed by atoms with Crippen molar-refractivity contribution < 1.29 is 48.4 Å². The molecule has 73 heavy (non-hydrogen) atoms. The maximum absolute atomic E-state index is 13.4. The number of hydrogen-bond acceptors (Lipinski definition) is 14. The van der Waals surface area contributed by atoms with Crippen LogP contribution in [-0.4, -0.2) is 94.4 Å². The number of para-hydroxylation sites is 2. The van der Waals surface area contributed by atoms with Gasteiger partial charge in [0, 0.05) is 46.2 Å². The second kappa shape index (κ2) is 20.7. The Hall–Kier alpha value is -5.49. The maximum Gasteiger partial charge on any atom is 0.343 e. The molecule has 2 atom stereocenters. The largest absolute Gasteiger partial charge is 0.458 e. The van der Waals surface area contributed by atoms with Crippen LogP contribution in [0, 0.1) is 0 Å².